The van der Waals surface area contributed by atoms with Gasteiger partial charge in [-0.3, -0.25) is 0 Å². The molecular weight excluding hydrogens is 250 g/mol. The van der Waals surface area contributed by atoms with E-state index >= 15 is 0 Å². The molecule has 0 radical (unpaired) electrons. The lowest BCUT2D eigenvalue weighted by molar-refractivity contribution is -0.0699. The van der Waals surface area contributed by atoms with Crippen LogP contribution >= 0.6 is 0 Å². The van der Waals surface area contributed by atoms with Gasteiger partial charge in [0, 0.05) is 12.3 Å². The third-order valence-corrected chi connectivity index (χ3v) is 4.55. The summed E-state index contributed by atoms with van der Waals surface area (Å²) in [5.41, 5.74) is -0.310. The molecule has 4 nitrogen and oxygen atoms in total. The number of nitrogens with one attached hydrogen (secondary N) is 1. The van der Waals surface area contributed by atoms with Gasteiger partial charge in [-0.2, -0.15) is 0 Å². The van der Waals surface area contributed by atoms with E-state index in [1.165, 1.54) is 6.26 Å². The van der Waals surface area contributed by atoms with Crippen LogP contribution in [0.5, 0.6) is 0 Å². The Morgan fingerprint density at radius 1 is 1.33 bits per heavy atom. The van der Waals surface area contributed by atoms with Crippen molar-refractivity contribution in [3.8, 4) is 0 Å². The molecule has 1 saturated heterocycles. The van der Waals surface area contributed by atoms with Crippen LogP contribution in [-0.2, 0) is 14.6 Å². The SMILES string of the molecule is C[C@@H](CN[C@@H]1CC(C)(C)OC1(C)C)CS(C)(=O)=O. The minimum absolute atomic E-state index is 0.110. The van der Waals surface area contributed by atoms with Crippen molar-refractivity contribution in [1.29, 1.82) is 0 Å². The van der Waals surface area contributed by atoms with Gasteiger partial charge in [-0.25, -0.2) is 8.42 Å². The van der Waals surface area contributed by atoms with E-state index in [0.29, 0.717) is 6.54 Å². The highest BCUT2D eigenvalue weighted by Crippen LogP contribution is 2.37. The lowest BCUT2D eigenvalue weighted by Gasteiger charge is -2.28. The van der Waals surface area contributed by atoms with Crippen molar-refractivity contribution in [2.75, 3.05) is 18.6 Å². The maximum Gasteiger partial charge on any atom is 0.147 e. The molecule has 0 amide bonds. The first-order valence-corrected chi connectivity index (χ1v) is 8.59. The summed E-state index contributed by atoms with van der Waals surface area (Å²) in [6, 6.07) is 0.273. The third-order valence-electron chi connectivity index (χ3n) is 3.37. The van der Waals surface area contributed by atoms with Gasteiger partial charge in [0.15, 0.2) is 0 Å². The van der Waals surface area contributed by atoms with Gasteiger partial charge in [0.1, 0.15) is 9.84 Å². The zero-order valence-electron chi connectivity index (χ0n) is 12.4. The predicted molar refractivity (Wildman–Crippen MR) is 74.5 cm³/mol. The van der Waals surface area contributed by atoms with E-state index < -0.39 is 9.84 Å². The van der Waals surface area contributed by atoms with Crippen LogP contribution in [0.25, 0.3) is 0 Å². The Hall–Kier alpha value is -0.130. The van der Waals surface area contributed by atoms with Crippen LogP contribution in [0, 0.1) is 5.92 Å². The average Bonchev–Trinajstić information content (AvgIpc) is 2.27. The molecule has 1 N–H and O–H groups in total. The van der Waals surface area contributed by atoms with E-state index in [1.54, 1.807) is 0 Å². The number of rotatable bonds is 5. The summed E-state index contributed by atoms with van der Waals surface area (Å²) < 4.78 is 28.4. The highest BCUT2D eigenvalue weighted by molar-refractivity contribution is 7.90. The summed E-state index contributed by atoms with van der Waals surface area (Å²) in [6.45, 7) is 11.0. The minimum Gasteiger partial charge on any atom is -0.368 e. The summed E-state index contributed by atoms with van der Waals surface area (Å²) in [6.07, 6.45) is 2.24. The number of hydrogen-bond donors (Lipinski definition) is 1. The summed E-state index contributed by atoms with van der Waals surface area (Å²) in [5, 5.41) is 3.46. The normalized spacial score (nSPS) is 28.2. The highest BCUT2D eigenvalue weighted by atomic mass is 32.2. The molecule has 1 aliphatic heterocycles. The first-order valence-electron chi connectivity index (χ1n) is 6.53. The van der Waals surface area contributed by atoms with Gasteiger partial charge in [0.25, 0.3) is 0 Å². The van der Waals surface area contributed by atoms with Crippen LogP contribution in [0.2, 0.25) is 0 Å². The molecule has 108 valence electrons. The van der Waals surface area contributed by atoms with Crippen LogP contribution in [0.1, 0.15) is 41.0 Å². The number of sulfone groups is 1. The Morgan fingerprint density at radius 3 is 2.28 bits per heavy atom. The van der Waals surface area contributed by atoms with Crippen molar-refractivity contribution >= 4 is 9.84 Å². The van der Waals surface area contributed by atoms with Gasteiger partial charge in [0.2, 0.25) is 0 Å². The third kappa shape index (κ3) is 4.86. The molecule has 0 spiro atoms. The van der Waals surface area contributed by atoms with E-state index in [1.807, 2.05) is 6.92 Å². The molecule has 0 aromatic heterocycles. The number of hydrogen-bond acceptors (Lipinski definition) is 4. The van der Waals surface area contributed by atoms with Crippen LogP contribution in [0.4, 0.5) is 0 Å². The molecule has 1 fully saturated rings. The smallest absolute Gasteiger partial charge is 0.147 e. The quantitative estimate of drug-likeness (QED) is 0.829. The second-order valence-corrected chi connectivity index (χ2v) is 9.01. The maximum atomic E-state index is 11.2. The van der Waals surface area contributed by atoms with E-state index in [4.69, 9.17) is 4.74 Å². The Bertz CT molecular complexity index is 387. The standard InChI is InChI=1S/C13H27NO3S/c1-10(9-18(6,15)16)8-14-11-7-12(2,3)17-13(11,4)5/h10-11,14H,7-9H2,1-6H3/t10-,11+/m0/s1. The lowest BCUT2D eigenvalue weighted by Crippen LogP contribution is -2.45. The molecule has 0 aromatic rings. The van der Waals surface area contributed by atoms with Crippen molar-refractivity contribution in [1.82, 2.24) is 5.32 Å². The summed E-state index contributed by atoms with van der Waals surface area (Å²) in [5.74, 6) is 0.358. The molecule has 0 saturated carbocycles. The van der Waals surface area contributed by atoms with Gasteiger partial charge in [-0.05, 0) is 46.6 Å². The van der Waals surface area contributed by atoms with Gasteiger partial charge in [-0.15, -0.1) is 0 Å². The minimum atomic E-state index is -2.89. The maximum absolute atomic E-state index is 11.2. The van der Waals surface area contributed by atoms with Crippen LogP contribution < -0.4 is 5.32 Å². The molecule has 0 aliphatic carbocycles. The first kappa shape index (κ1) is 15.9. The van der Waals surface area contributed by atoms with Crippen LogP contribution in [0.15, 0.2) is 0 Å². The highest BCUT2D eigenvalue weighted by Gasteiger charge is 2.45. The molecular formula is C13H27NO3S. The fourth-order valence-corrected chi connectivity index (χ4v) is 3.95. The zero-order chi connectivity index (χ0) is 14.2. The molecule has 2 atom stereocenters. The van der Waals surface area contributed by atoms with Crippen molar-refractivity contribution < 1.29 is 13.2 Å². The Morgan fingerprint density at radius 2 is 1.89 bits per heavy atom. The van der Waals surface area contributed by atoms with Crippen molar-refractivity contribution in [3.63, 3.8) is 0 Å². The molecule has 5 heteroatoms. The lowest BCUT2D eigenvalue weighted by atomic mass is 9.94. The van der Waals surface area contributed by atoms with Crippen molar-refractivity contribution in [2.24, 2.45) is 5.92 Å². The fourth-order valence-electron chi connectivity index (χ4n) is 2.80. The molecule has 18 heavy (non-hydrogen) atoms. The summed E-state index contributed by atoms with van der Waals surface area (Å²) in [7, 11) is -2.89. The molecule has 0 unspecified atom stereocenters. The Balaban J connectivity index is 2.49. The van der Waals surface area contributed by atoms with Crippen molar-refractivity contribution in [3.05, 3.63) is 0 Å². The van der Waals surface area contributed by atoms with Crippen molar-refractivity contribution in [2.45, 2.75) is 58.3 Å². The largest absolute Gasteiger partial charge is 0.368 e. The molecule has 0 bridgehead atoms. The van der Waals surface area contributed by atoms with Gasteiger partial charge < -0.3 is 10.1 Å². The average molecular weight is 277 g/mol. The molecule has 1 heterocycles. The fraction of sp³-hybridized carbons (Fsp3) is 1.00. The second-order valence-electron chi connectivity index (χ2n) is 6.83. The molecule has 1 rings (SSSR count). The van der Waals surface area contributed by atoms with E-state index in [9.17, 15) is 8.42 Å². The predicted octanol–water partition coefficient (Wildman–Crippen LogP) is 1.60. The van der Waals surface area contributed by atoms with Crippen LogP contribution in [-0.4, -0.2) is 44.2 Å². The van der Waals surface area contributed by atoms with Gasteiger partial charge in [0.05, 0.1) is 17.0 Å². The van der Waals surface area contributed by atoms with Crippen LogP contribution in [0.3, 0.4) is 0 Å². The van der Waals surface area contributed by atoms with E-state index in [2.05, 4.69) is 33.0 Å². The Labute approximate surface area is 111 Å². The summed E-state index contributed by atoms with van der Waals surface area (Å²) in [4.78, 5) is 0. The van der Waals surface area contributed by atoms with E-state index in [0.717, 1.165) is 6.42 Å². The monoisotopic (exact) mass is 277 g/mol. The summed E-state index contributed by atoms with van der Waals surface area (Å²) >= 11 is 0. The van der Waals surface area contributed by atoms with Gasteiger partial charge in [-0.1, -0.05) is 6.92 Å². The zero-order valence-corrected chi connectivity index (χ0v) is 13.2. The first-order chi connectivity index (χ1) is 7.91. The molecule has 0 aromatic carbocycles. The molecule has 1 aliphatic rings. The van der Waals surface area contributed by atoms with Gasteiger partial charge >= 0.3 is 0 Å². The topological polar surface area (TPSA) is 55.4 Å². The number of ether oxygens (including phenoxy) is 1. The van der Waals surface area contributed by atoms with E-state index in [-0.39, 0.29) is 28.9 Å². The Kier molecular flexibility index (Phi) is 4.51. The second kappa shape index (κ2) is 5.10.